The quantitative estimate of drug-likeness (QED) is 0.673. The summed E-state index contributed by atoms with van der Waals surface area (Å²) in [6, 6.07) is 5.89. The number of nitrogens with zero attached hydrogens (tertiary/aromatic N) is 2. The number of nitrogens with one attached hydrogen (secondary N) is 1. The maximum atomic E-state index is 12.2. The molecule has 0 bridgehead atoms. The first-order chi connectivity index (χ1) is 12.9. The summed E-state index contributed by atoms with van der Waals surface area (Å²) in [6.07, 6.45) is 4.34. The van der Waals surface area contributed by atoms with E-state index >= 15 is 0 Å². The highest BCUT2D eigenvalue weighted by Crippen LogP contribution is 2.29. The van der Waals surface area contributed by atoms with E-state index in [1.54, 1.807) is 12.1 Å². The van der Waals surface area contributed by atoms with Crippen LogP contribution in [0.4, 0.5) is 0 Å². The van der Waals surface area contributed by atoms with Crippen LogP contribution in [0.5, 0.6) is 5.75 Å². The van der Waals surface area contributed by atoms with Crippen molar-refractivity contribution in [1.82, 2.24) is 15.1 Å². The van der Waals surface area contributed by atoms with Crippen molar-refractivity contribution < 1.29 is 9.53 Å². The second-order valence-corrected chi connectivity index (χ2v) is 8.68. The summed E-state index contributed by atoms with van der Waals surface area (Å²) in [5, 5.41) is 3.39. The van der Waals surface area contributed by atoms with Gasteiger partial charge in [0.15, 0.2) is 0 Å². The van der Waals surface area contributed by atoms with Crippen LogP contribution >= 0.6 is 23.4 Å². The zero-order chi connectivity index (χ0) is 19.8. The van der Waals surface area contributed by atoms with Gasteiger partial charge in [0.2, 0.25) is 0 Å². The second-order valence-electron chi connectivity index (χ2n) is 7.36. The summed E-state index contributed by atoms with van der Waals surface area (Å²) in [4.78, 5) is 16.7. The van der Waals surface area contributed by atoms with Crippen molar-refractivity contribution in [2.24, 2.45) is 0 Å². The Bertz CT molecular complexity index is 607. The van der Waals surface area contributed by atoms with E-state index in [1.165, 1.54) is 0 Å². The van der Waals surface area contributed by atoms with Gasteiger partial charge in [-0.15, -0.1) is 0 Å². The van der Waals surface area contributed by atoms with Crippen molar-refractivity contribution in [2.75, 3.05) is 52.3 Å². The highest BCUT2D eigenvalue weighted by molar-refractivity contribution is 7.98. The third-order valence-electron chi connectivity index (χ3n) is 4.84. The highest BCUT2D eigenvalue weighted by atomic mass is 35.5. The van der Waals surface area contributed by atoms with Gasteiger partial charge in [-0.25, -0.2) is 0 Å². The molecule has 0 aliphatic carbocycles. The fourth-order valence-electron chi connectivity index (χ4n) is 3.19. The summed E-state index contributed by atoms with van der Waals surface area (Å²) in [5.41, 5.74) is 0.562. The second kappa shape index (κ2) is 11.1. The molecule has 1 saturated heterocycles. The third kappa shape index (κ3) is 7.18. The molecule has 1 aromatic carbocycles. The summed E-state index contributed by atoms with van der Waals surface area (Å²) < 4.78 is 6.12. The Labute approximate surface area is 172 Å². The van der Waals surface area contributed by atoms with Gasteiger partial charge in [0.1, 0.15) is 11.9 Å². The van der Waals surface area contributed by atoms with E-state index < -0.39 is 0 Å². The van der Waals surface area contributed by atoms with E-state index in [-0.39, 0.29) is 12.0 Å². The van der Waals surface area contributed by atoms with Crippen molar-refractivity contribution in [3.05, 3.63) is 28.8 Å². The lowest BCUT2D eigenvalue weighted by Gasteiger charge is -2.36. The molecule has 0 aromatic heterocycles. The fraction of sp³-hybridized carbons (Fsp3) is 0.650. The van der Waals surface area contributed by atoms with E-state index in [2.05, 4.69) is 23.4 Å². The number of likely N-dealkylation sites (tertiary alicyclic amines) is 1. The number of benzene rings is 1. The zero-order valence-electron chi connectivity index (χ0n) is 16.8. The summed E-state index contributed by atoms with van der Waals surface area (Å²) in [7, 11) is 3.95. The molecule has 1 aliphatic rings. The first-order valence-electron chi connectivity index (χ1n) is 9.52. The molecule has 1 amide bonds. The number of hydrogen-bond acceptors (Lipinski definition) is 5. The van der Waals surface area contributed by atoms with Crippen LogP contribution < -0.4 is 10.1 Å². The van der Waals surface area contributed by atoms with Gasteiger partial charge in [-0.1, -0.05) is 11.6 Å². The smallest absolute Gasteiger partial charge is 0.251 e. The molecule has 1 heterocycles. The van der Waals surface area contributed by atoms with Gasteiger partial charge in [0, 0.05) is 43.5 Å². The summed E-state index contributed by atoms with van der Waals surface area (Å²) >= 11 is 8.26. The molecule has 0 saturated carbocycles. The molecule has 1 aliphatic heterocycles. The van der Waals surface area contributed by atoms with E-state index in [0.29, 0.717) is 28.9 Å². The largest absolute Gasteiger partial charge is 0.489 e. The van der Waals surface area contributed by atoms with Crippen molar-refractivity contribution in [3.8, 4) is 5.75 Å². The number of thioether (sulfide) groups is 1. The Kier molecular flexibility index (Phi) is 9.22. The maximum Gasteiger partial charge on any atom is 0.251 e. The maximum absolute atomic E-state index is 12.2. The molecule has 1 N–H and O–H groups in total. The van der Waals surface area contributed by atoms with Crippen molar-refractivity contribution >= 4 is 29.3 Å². The lowest BCUT2D eigenvalue weighted by atomic mass is 10.1. The SMILES string of the molecule is CSCC(C)N1CCC(Oc2ccc(C(=O)NCCN(C)C)cc2Cl)CC1. The minimum atomic E-state index is -0.110. The Morgan fingerprint density at radius 1 is 1.41 bits per heavy atom. The number of carbonyl (C=O) groups excluding carboxylic acids is 1. The Morgan fingerprint density at radius 3 is 2.70 bits per heavy atom. The molecule has 7 heteroatoms. The minimum absolute atomic E-state index is 0.110. The molecular weight excluding hydrogens is 382 g/mol. The molecule has 2 rings (SSSR count). The molecule has 1 atom stereocenters. The Balaban J connectivity index is 1.85. The van der Waals surface area contributed by atoms with Crippen LogP contribution in [0.1, 0.15) is 30.1 Å². The van der Waals surface area contributed by atoms with Gasteiger partial charge in [-0.2, -0.15) is 11.8 Å². The average molecular weight is 414 g/mol. The fourth-order valence-corrected chi connectivity index (χ4v) is 4.11. The summed E-state index contributed by atoms with van der Waals surface area (Å²) in [5.74, 6) is 1.72. The number of hydrogen-bond donors (Lipinski definition) is 1. The third-order valence-corrected chi connectivity index (χ3v) is 5.95. The number of amides is 1. The molecule has 0 radical (unpaired) electrons. The Morgan fingerprint density at radius 2 is 2.11 bits per heavy atom. The first-order valence-corrected chi connectivity index (χ1v) is 11.3. The van der Waals surface area contributed by atoms with Crippen LogP contribution in [0.25, 0.3) is 0 Å². The molecule has 1 fully saturated rings. The zero-order valence-corrected chi connectivity index (χ0v) is 18.4. The van der Waals surface area contributed by atoms with E-state index in [0.717, 1.165) is 38.2 Å². The highest BCUT2D eigenvalue weighted by Gasteiger charge is 2.24. The first kappa shape index (κ1) is 22.3. The van der Waals surface area contributed by atoms with Crippen LogP contribution in [0, 0.1) is 0 Å². The van der Waals surface area contributed by atoms with Crippen LogP contribution in [0.2, 0.25) is 5.02 Å². The van der Waals surface area contributed by atoms with Crippen LogP contribution in [-0.2, 0) is 0 Å². The molecular formula is C20H32ClN3O2S. The molecule has 152 valence electrons. The number of likely N-dealkylation sites (N-methyl/N-ethyl adjacent to an activating group) is 1. The topological polar surface area (TPSA) is 44.8 Å². The van der Waals surface area contributed by atoms with Gasteiger partial charge < -0.3 is 15.0 Å². The summed E-state index contributed by atoms with van der Waals surface area (Å²) in [6.45, 7) is 5.80. The van der Waals surface area contributed by atoms with Crippen molar-refractivity contribution in [3.63, 3.8) is 0 Å². The van der Waals surface area contributed by atoms with Crippen LogP contribution in [0.15, 0.2) is 18.2 Å². The number of rotatable bonds is 9. The van der Waals surface area contributed by atoms with Gasteiger partial charge in [-0.3, -0.25) is 9.69 Å². The molecule has 5 nitrogen and oxygen atoms in total. The lowest BCUT2D eigenvalue weighted by Crippen LogP contribution is -2.43. The van der Waals surface area contributed by atoms with Gasteiger partial charge in [0.25, 0.3) is 5.91 Å². The average Bonchev–Trinajstić information content (AvgIpc) is 2.63. The number of halogens is 1. The molecule has 1 unspecified atom stereocenters. The van der Waals surface area contributed by atoms with E-state index in [4.69, 9.17) is 16.3 Å². The van der Waals surface area contributed by atoms with Gasteiger partial charge >= 0.3 is 0 Å². The number of piperidine rings is 1. The van der Waals surface area contributed by atoms with Crippen molar-refractivity contribution in [2.45, 2.75) is 31.9 Å². The van der Waals surface area contributed by atoms with Crippen LogP contribution in [-0.4, -0.2) is 80.1 Å². The molecule has 1 aromatic rings. The normalized spacial score (nSPS) is 17.1. The van der Waals surface area contributed by atoms with E-state index in [9.17, 15) is 4.79 Å². The minimum Gasteiger partial charge on any atom is -0.489 e. The van der Waals surface area contributed by atoms with Gasteiger partial charge in [0.05, 0.1) is 5.02 Å². The predicted molar refractivity (Wildman–Crippen MR) is 115 cm³/mol. The molecule has 27 heavy (non-hydrogen) atoms. The lowest BCUT2D eigenvalue weighted by molar-refractivity contribution is 0.0854. The monoisotopic (exact) mass is 413 g/mol. The van der Waals surface area contributed by atoms with Gasteiger partial charge in [-0.05, 0) is 58.3 Å². The standard InChI is InChI=1S/C20H32ClN3O2S/c1-15(14-27-4)24-10-7-17(8-11-24)26-19-6-5-16(13-18(19)21)20(25)22-9-12-23(2)3/h5-6,13,15,17H,7-12,14H2,1-4H3,(H,22,25). The van der Waals surface area contributed by atoms with Crippen LogP contribution in [0.3, 0.4) is 0 Å². The predicted octanol–water partition coefficient (Wildman–Crippen LogP) is 3.23. The van der Waals surface area contributed by atoms with E-state index in [1.807, 2.05) is 36.8 Å². The Hall–Kier alpha value is -0.950. The number of ether oxygens (including phenoxy) is 1. The van der Waals surface area contributed by atoms with Crippen molar-refractivity contribution in [1.29, 1.82) is 0 Å². The molecule has 0 spiro atoms. The number of carbonyl (C=O) groups is 1.